The second kappa shape index (κ2) is 4.44. The zero-order valence-electron chi connectivity index (χ0n) is 8.38. The van der Waals surface area contributed by atoms with Crippen LogP contribution >= 0.6 is 15.9 Å². The van der Waals surface area contributed by atoms with E-state index in [4.69, 9.17) is 0 Å². The SMILES string of the molecule is CC(=O)c1nccnc1-c1ncc(Br)cn1. The predicted octanol–water partition coefficient (Wildman–Crippen LogP) is 1.90. The smallest absolute Gasteiger partial charge is 0.180 e. The standard InChI is InChI=1S/C10H7BrN4O/c1-6(16)8-9(13-3-2-12-8)10-14-4-7(11)5-15-10/h2-5H,1H3. The summed E-state index contributed by atoms with van der Waals surface area (Å²) in [5.41, 5.74) is 0.687. The molecule has 0 amide bonds. The highest BCUT2D eigenvalue weighted by Crippen LogP contribution is 2.16. The van der Waals surface area contributed by atoms with E-state index in [0.29, 0.717) is 11.5 Å². The van der Waals surface area contributed by atoms with Crippen molar-refractivity contribution in [3.63, 3.8) is 0 Å². The third kappa shape index (κ3) is 2.11. The van der Waals surface area contributed by atoms with Crippen LogP contribution in [0.4, 0.5) is 0 Å². The Morgan fingerprint density at radius 1 is 1.12 bits per heavy atom. The largest absolute Gasteiger partial charge is 0.293 e. The Labute approximate surface area is 100 Å². The van der Waals surface area contributed by atoms with Crippen molar-refractivity contribution in [1.29, 1.82) is 0 Å². The fourth-order valence-corrected chi connectivity index (χ4v) is 1.40. The third-order valence-electron chi connectivity index (χ3n) is 1.86. The summed E-state index contributed by atoms with van der Waals surface area (Å²) in [6, 6.07) is 0. The van der Waals surface area contributed by atoms with E-state index in [1.54, 1.807) is 12.4 Å². The van der Waals surface area contributed by atoms with E-state index in [0.717, 1.165) is 4.47 Å². The molecule has 0 bridgehead atoms. The van der Waals surface area contributed by atoms with Crippen molar-refractivity contribution >= 4 is 21.7 Å². The van der Waals surface area contributed by atoms with Gasteiger partial charge in [-0.25, -0.2) is 19.9 Å². The van der Waals surface area contributed by atoms with Gasteiger partial charge in [0.15, 0.2) is 11.6 Å². The molecule has 0 spiro atoms. The molecule has 2 rings (SSSR count). The molecule has 0 atom stereocenters. The lowest BCUT2D eigenvalue weighted by Crippen LogP contribution is -2.03. The third-order valence-corrected chi connectivity index (χ3v) is 2.27. The molecule has 2 heterocycles. The second-order valence-electron chi connectivity index (χ2n) is 3.03. The van der Waals surface area contributed by atoms with Crippen LogP contribution in [-0.2, 0) is 0 Å². The van der Waals surface area contributed by atoms with Gasteiger partial charge in [-0.1, -0.05) is 0 Å². The maximum Gasteiger partial charge on any atom is 0.180 e. The summed E-state index contributed by atoms with van der Waals surface area (Å²) >= 11 is 3.24. The topological polar surface area (TPSA) is 68.6 Å². The van der Waals surface area contributed by atoms with E-state index in [-0.39, 0.29) is 11.5 Å². The molecule has 0 saturated carbocycles. The van der Waals surface area contributed by atoms with Gasteiger partial charge >= 0.3 is 0 Å². The number of ketones is 1. The Bertz CT molecular complexity index is 527. The van der Waals surface area contributed by atoms with Gasteiger partial charge in [-0.15, -0.1) is 0 Å². The highest BCUT2D eigenvalue weighted by Gasteiger charge is 2.13. The van der Waals surface area contributed by atoms with Gasteiger partial charge in [0.05, 0.1) is 4.47 Å². The minimum atomic E-state index is -0.158. The average molecular weight is 279 g/mol. The molecule has 0 aromatic carbocycles. The van der Waals surface area contributed by atoms with Crippen LogP contribution in [0.2, 0.25) is 0 Å². The van der Waals surface area contributed by atoms with Crippen molar-refractivity contribution in [1.82, 2.24) is 19.9 Å². The number of carbonyl (C=O) groups is 1. The van der Waals surface area contributed by atoms with Crippen LogP contribution in [0.25, 0.3) is 11.5 Å². The van der Waals surface area contributed by atoms with Gasteiger partial charge in [-0.05, 0) is 15.9 Å². The molecule has 2 aromatic heterocycles. The van der Waals surface area contributed by atoms with Gasteiger partial charge in [0, 0.05) is 31.7 Å². The van der Waals surface area contributed by atoms with Gasteiger partial charge < -0.3 is 0 Å². The van der Waals surface area contributed by atoms with Crippen molar-refractivity contribution in [3.8, 4) is 11.5 Å². The molecule has 6 heteroatoms. The molecule has 16 heavy (non-hydrogen) atoms. The molecule has 0 aliphatic carbocycles. The summed E-state index contributed by atoms with van der Waals surface area (Å²) in [7, 11) is 0. The van der Waals surface area contributed by atoms with Crippen LogP contribution in [0, 0.1) is 0 Å². The van der Waals surface area contributed by atoms with Crippen molar-refractivity contribution in [3.05, 3.63) is 35.0 Å². The first kappa shape index (κ1) is 10.8. The maximum atomic E-state index is 11.3. The number of hydrogen-bond donors (Lipinski definition) is 0. The van der Waals surface area contributed by atoms with Gasteiger partial charge in [-0.2, -0.15) is 0 Å². The van der Waals surface area contributed by atoms with E-state index in [9.17, 15) is 4.79 Å². The minimum Gasteiger partial charge on any atom is -0.293 e. The first-order valence-electron chi connectivity index (χ1n) is 4.48. The molecule has 0 N–H and O–H groups in total. The van der Waals surface area contributed by atoms with E-state index < -0.39 is 0 Å². The number of hydrogen-bond acceptors (Lipinski definition) is 5. The summed E-state index contributed by atoms with van der Waals surface area (Å²) in [5.74, 6) is 0.233. The van der Waals surface area contributed by atoms with Crippen LogP contribution in [0.3, 0.4) is 0 Å². The Hall–Kier alpha value is -1.69. The lowest BCUT2D eigenvalue weighted by atomic mass is 10.2. The van der Waals surface area contributed by atoms with E-state index in [1.807, 2.05) is 0 Å². The molecule has 0 unspecified atom stereocenters. The summed E-state index contributed by atoms with van der Waals surface area (Å²) in [6.45, 7) is 1.44. The Morgan fingerprint density at radius 2 is 1.75 bits per heavy atom. The van der Waals surface area contributed by atoms with Crippen molar-refractivity contribution < 1.29 is 4.79 Å². The fraction of sp³-hybridized carbons (Fsp3) is 0.100. The van der Waals surface area contributed by atoms with Crippen LogP contribution in [0.15, 0.2) is 29.3 Å². The molecule has 0 aliphatic heterocycles. The van der Waals surface area contributed by atoms with Gasteiger partial charge in [0.25, 0.3) is 0 Å². The first-order valence-corrected chi connectivity index (χ1v) is 5.27. The number of aromatic nitrogens is 4. The lowest BCUT2D eigenvalue weighted by Gasteiger charge is -2.02. The highest BCUT2D eigenvalue weighted by molar-refractivity contribution is 9.10. The summed E-state index contributed by atoms with van der Waals surface area (Å²) in [6.07, 6.45) is 6.17. The average Bonchev–Trinajstić information content (AvgIpc) is 2.30. The Kier molecular flexibility index (Phi) is 3.00. The summed E-state index contributed by atoms with van der Waals surface area (Å²) in [5, 5.41) is 0. The quantitative estimate of drug-likeness (QED) is 0.785. The van der Waals surface area contributed by atoms with Crippen molar-refractivity contribution in [2.24, 2.45) is 0 Å². The molecule has 80 valence electrons. The first-order chi connectivity index (χ1) is 7.68. The maximum absolute atomic E-state index is 11.3. The molecular formula is C10H7BrN4O. The number of halogens is 1. The minimum absolute atomic E-state index is 0.158. The summed E-state index contributed by atoms with van der Waals surface area (Å²) < 4.78 is 0.768. The van der Waals surface area contributed by atoms with E-state index in [1.165, 1.54) is 19.3 Å². The van der Waals surface area contributed by atoms with E-state index >= 15 is 0 Å². The normalized spacial score (nSPS) is 10.1. The number of carbonyl (C=O) groups excluding carboxylic acids is 1. The zero-order chi connectivity index (χ0) is 11.5. The molecule has 0 saturated heterocycles. The Morgan fingerprint density at radius 3 is 2.38 bits per heavy atom. The van der Waals surface area contributed by atoms with Crippen LogP contribution in [0.1, 0.15) is 17.4 Å². The zero-order valence-corrected chi connectivity index (χ0v) is 9.97. The molecular weight excluding hydrogens is 272 g/mol. The molecule has 0 radical (unpaired) electrons. The lowest BCUT2D eigenvalue weighted by molar-refractivity contribution is 0.101. The highest BCUT2D eigenvalue weighted by atomic mass is 79.9. The van der Waals surface area contributed by atoms with Crippen molar-refractivity contribution in [2.45, 2.75) is 6.92 Å². The molecule has 0 aliphatic rings. The molecule has 2 aromatic rings. The number of rotatable bonds is 2. The van der Waals surface area contributed by atoms with Crippen LogP contribution in [0.5, 0.6) is 0 Å². The van der Waals surface area contributed by atoms with Crippen molar-refractivity contribution in [2.75, 3.05) is 0 Å². The van der Waals surface area contributed by atoms with Gasteiger partial charge in [-0.3, -0.25) is 4.79 Å². The predicted molar refractivity (Wildman–Crippen MR) is 60.8 cm³/mol. The number of Topliss-reactive ketones (excluding diaryl/α,β-unsaturated/α-hetero) is 1. The molecule has 5 nitrogen and oxygen atoms in total. The van der Waals surface area contributed by atoms with Gasteiger partial charge in [0.1, 0.15) is 11.4 Å². The van der Waals surface area contributed by atoms with Gasteiger partial charge in [0.2, 0.25) is 0 Å². The monoisotopic (exact) mass is 278 g/mol. The second-order valence-corrected chi connectivity index (χ2v) is 3.95. The van der Waals surface area contributed by atoms with Crippen LogP contribution in [-0.4, -0.2) is 25.7 Å². The fourth-order valence-electron chi connectivity index (χ4n) is 1.19. The molecule has 0 fully saturated rings. The van der Waals surface area contributed by atoms with Crippen LogP contribution < -0.4 is 0 Å². The Balaban J connectivity index is 2.55. The summed E-state index contributed by atoms with van der Waals surface area (Å²) in [4.78, 5) is 27.5. The number of nitrogens with zero attached hydrogens (tertiary/aromatic N) is 4. The van der Waals surface area contributed by atoms with E-state index in [2.05, 4.69) is 35.9 Å².